The van der Waals surface area contributed by atoms with Crippen molar-refractivity contribution in [3.63, 3.8) is 0 Å². The minimum Gasteiger partial charge on any atom is -0.870 e. The Hall–Kier alpha value is -5.67. The Bertz CT molecular complexity index is 3150. The standard InChI is InChI=1S/C14H9Cl2FN4O.2C7H5ClFN3.C7H6ClN3.3CO2.CH4.Ar.Li.H3N.H2O/c1-21-13-10(12(17)20-21)11(16)9(6-18-13)14(22)19-8-4-2-7(15)3-5-8;2*1-12-7-5(6(9)11-12)4(8)2-3-10-7;1-11-7-5(4-10-11)6(8)2-3-9-7;3*2-1-3;;;;;/h2-6H,1H3,(H,19,22);2*2-3H,1H3;2-4H,1H3;;;;1H4;;;1H3;1H2/q;;;;;;;;;+1;;/p-1. The van der Waals surface area contributed by atoms with Gasteiger partial charge in [-0.2, -0.15) is 47.0 Å². The smallest absolute Gasteiger partial charge is 0.870 e. The molecule has 0 saturated carbocycles. The van der Waals surface area contributed by atoms with Gasteiger partial charge < -0.3 is 16.9 Å². The van der Waals surface area contributed by atoms with E-state index in [2.05, 4.69) is 45.6 Å². The number of aryl methyl sites for hydroxylation is 4. The SMILES string of the molecule is C.Cn1nc(F)c2c(Cl)c(C(=O)Nc3ccc(Cl)cc3)cnc21.Cn1nc(F)c2c(Cl)ccnc21.Cn1nc(F)c2c(Cl)ccnc21.Cn1ncc2c(Cl)ccnc21.N.O=C=O.O=C=O.O=C=O.[Ar].[Li+].[OH-]. The van der Waals surface area contributed by atoms with E-state index in [0.29, 0.717) is 37.1 Å². The molecule has 0 unspecified atom stereocenters. The van der Waals surface area contributed by atoms with Gasteiger partial charge >= 0.3 is 37.3 Å². The van der Waals surface area contributed by atoms with Gasteiger partial charge in [0.05, 0.1) is 53.4 Å². The van der Waals surface area contributed by atoms with Gasteiger partial charge in [-0.05, 0) is 42.5 Å². The van der Waals surface area contributed by atoms with Crippen LogP contribution >= 0.6 is 58.0 Å². The van der Waals surface area contributed by atoms with Crippen molar-refractivity contribution in [2.45, 2.75) is 7.43 Å². The zero-order valence-electron chi connectivity index (χ0n) is 36.2. The molecular formula is C39H33ArCl5F3LiN14O8. The molecule has 0 saturated heterocycles. The quantitative estimate of drug-likeness (QED) is 0.222. The Kier molecular flexibility index (Phi) is 33.2. The number of rotatable bonds is 2. The molecular weight excluding hydrogens is 1070 g/mol. The normalized spacial score (nSPS) is 9.07. The zero-order chi connectivity index (χ0) is 49.2. The van der Waals surface area contributed by atoms with E-state index in [4.69, 9.17) is 86.8 Å². The topological polar surface area (TPSA) is 319 Å². The predicted octanol–water partition coefficient (Wildman–Crippen LogP) is 4.68. The molecule has 0 aliphatic carbocycles. The molecule has 5 N–H and O–H groups in total. The molecule has 9 rings (SSSR count). The number of anilines is 1. The summed E-state index contributed by atoms with van der Waals surface area (Å²) >= 11 is 29.3. The fourth-order valence-electron chi connectivity index (χ4n) is 5.23. The summed E-state index contributed by atoms with van der Waals surface area (Å²) in [4.78, 5) is 77.0. The largest absolute Gasteiger partial charge is 1.00 e. The molecule has 0 aliphatic heterocycles. The maximum Gasteiger partial charge on any atom is 1.00 e. The second kappa shape index (κ2) is 33.8. The molecule has 0 spiro atoms. The maximum atomic E-state index is 13.8. The number of amides is 1. The van der Waals surface area contributed by atoms with Crippen LogP contribution in [0.2, 0.25) is 25.1 Å². The van der Waals surface area contributed by atoms with E-state index in [-0.39, 0.29) is 126 Å². The van der Waals surface area contributed by atoms with Crippen molar-refractivity contribution in [1.82, 2.24) is 65.2 Å². The van der Waals surface area contributed by atoms with Crippen molar-refractivity contribution in [1.29, 1.82) is 0 Å². The monoisotopic (exact) mass is 1100 g/mol. The van der Waals surface area contributed by atoms with Crippen LogP contribution in [0.5, 0.6) is 0 Å². The summed E-state index contributed by atoms with van der Waals surface area (Å²) in [5.74, 6) is -2.42. The van der Waals surface area contributed by atoms with Gasteiger partial charge in [-0.3, -0.25) is 9.48 Å². The second-order valence-corrected chi connectivity index (χ2v) is 14.0. The predicted molar refractivity (Wildman–Crippen MR) is 242 cm³/mol. The molecule has 9 aromatic rings. The van der Waals surface area contributed by atoms with Crippen molar-refractivity contribution in [2.24, 2.45) is 28.2 Å². The summed E-state index contributed by atoms with van der Waals surface area (Å²) in [6.45, 7) is 0. The summed E-state index contributed by atoms with van der Waals surface area (Å²) in [6.07, 6.45) is 8.46. The molecule has 8 aromatic heterocycles. The molecule has 0 bridgehead atoms. The Morgan fingerprint density at radius 2 is 0.930 bits per heavy atom. The van der Waals surface area contributed by atoms with Crippen molar-refractivity contribution in [3.05, 3.63) is 122 Å². The number of nitrogens with one attached hydrogen (secondary N) is 1. The number of carbonyl (C=O) groups is 1. The number of hydrogen-bond acceptors (Lipinski definition) is 17. The average molecular weight is 1110 g/mol. The van der Waals surface area contributed by atoms with Gasteiger partial charge in [0, 0.05) is 101 Å². The Labute approximate surface area is 465 Å². The summed E-state index contributed by atoms with van der Waals surface area (Å²) in [6, 6.07) is 11.4. The molecule has 32 heteroatoms. The van der Waals surface area contributed by atoms with Crippen LogP contribution in [0.3, 0.4) is 0 Å². The van der Waals surface area contributed by atoms with Crippen molar-refractivity contribution >= 4 is 132 Å². The van der Waals surface area contributed by atoms with E-state index in [1.165, 1.54) is 44.8 Å². The first-order valence-electron chi connectivity index (χ1n) is 17.3. The molecule has 0 radical (unpaired) electrons. The van der Waals surface area contributed by atoms with E-state index in [9.17, 15) is 18.0 Å². The van der Waals surface area contributed by atoms with Crippen LogP contribution in [-0.4, -0.2) is 88.9 Å². The number of carbonyl (C=O) groups excluding carboxylic acids is 7. The van der Waals surface area contributed by atoms with Crippen molar-refractivity contribution in [3.8, 4) is 0 Å². The van der Waals surface area contributed by atoms with Gasteiger partial charge in [-0.15, -0.1) is 15.3 Å². The van der Waals surface area contributed by atoms with E-state index in [0.717, 1.165) is 11.0 Å². The Balaban J connectivity index is -0.000000829. The van der Waals surface area contributed by atoms with E-state index in [1.54, 1.807) is 68.6 Å². The van der Waals surface area contributed by atoms with Crippen LogP contribution in [0, 0.1) is 55.6 Å². The molecule has 1 aromatic carbocycles. The van der Waals surface area contributed by atoms with Gasteiger partial charge in [0.25, 0.3) is 5.91 Å². The maximum absolute atomic E-state index is 13.8. The van der Waals surface area contributed by atoms with Crippen LogP contribution in [-0.2, 0) is 57.0 Å². The number of nitrogens with zero attached hydrogens (tertiary/aromatic N) is 12. The average Bonchev–Trinajstić information content (AvgIpc) is 3.99. The zero-order valence-corrected chi connectivity index (χ0v) is 40.7. The van der Waals surface area contributed by atoms with E-state index in [1.807, 2.05) is 7.05 Å². The van der Waals surface area contributed by atoms with Crippen LogP contribution in [0.1, 0.15) is 17.8 Å². The Morgan fingerprint density at radius 1 is 0.563 bits per heavy atom. The molecule has 1 amide bonds. The molecule has 0 fully saturated rings. The molecule has 0 atom stereocenters. The minimum absolute atomic E-state index is 0. The molecule has 71 heavy (non-hydrogen) atoms. The number of pyridine rings is 4. The summed E-state index contributed by atoms with van der Waals surface area (Å²) in [5.41, 5.74) is 2.61. The molecule has 372 valence electrons. The third-order valence-corrected chi connectivity index (χ3v) is 9.54. The summed E-state index contributed by atoms with van der Waals surface area (Å²) < 4.78 is 45.5. The summed E-state index contributed by atoms with van der Waals surface area (Å²) in [7, 11) is 6.62. The van der Waals surface area contributed by atoms with E-state index < -0.39 is 23.8 Å². The fraction of sp³-hybridized carbons (Fsp3) is 0.128. The van der Waals surface area contributed by atoms with Crippen LogP contribution < -0.4 is 30.3 Å². The van der Waals surface area contributed by atoms with Gasteiger partial charge in [0.1, 0.15) is 0 Å². The molecule has 8 heterocycles. The minimum atomic E-state index is -0.767. The number of benzene rings is 1. The molecule has 22 nitrogen and oxygen atoms in total. The van der Waals surface area contributed by atoms with Crippen molar-refractivity contribution < 1.29 is 109 Å². The Morgan fingerprint density at radius 3 is 1.32 bits per heavy atom. The van der Waals surface area contributed by atoms with Crippen LogP contribution in [0.15, 0.2) is 73.4 Å². The molecule has 0 aliphatic rings. The van der Waals surface area contributed by atoms with E-state index >= 15 is 0 Å². The first kappa shape index (κ1) is 69.6. The third-order valence-electron chi connectivity index (χ3n) is 7.94. The number of hydrogen-bond donors (Lipinski definition) is 2. The summed E-state index contributed by atoms with van der Waals surface area (Å²) in [5, 5.41) is 20.8. The number of halogens is 8. The second-order valence-electron chi connectivity index (χ2n) is 11.9. The number of fused-ring (bicyclic) bond motifs is 4. The van der Waals surface area contributed by atoms with Gasteiger partial charge in [-0.25, -0.2) is 34.0 Å². The van der Waals surface area contributed by atoms with Crippen molar-refractivity contribution in [2.75, 3.05) is 5.32 Å². The van der Waals surface area contributed by atoms with Gasteiger partial charge in [0.2, 0.25) is 17.8 Å². The van der Waals surface area contributed by atoms with Crippen LogP contribution in [0.4, 0.5) is 18.9 Å². The first-order chi connectivity index (χ1) is 31.4. The van der Waals surface area contributed by atoms with Crippen LogP contribution in [0.25, 0.3) is 44.1 Å². The fourth-order valence-corrected chi connectivity index (χ4v) is 6.28. The third kappa shape index (κ3) is 18.5. The van der Waals surface area contributed by atoms with Gasteiger partial charge in [0.15, 0.2) is 22.6 Å². The number of aromatic nitrogens is 12. The first-order valence-corrected chi connectivity index (χ1v) is 19.2. The van der Waals surface area contributed by atoms with Gasteiger partial charge in [-0.1, -0.05) is 65.4 Å².